The number of hydrogen-bond acceptors (Lipinski definition) is 3. The predicted octanol–water partition coefficient (Wildman–Crippen LogP) is 3.54. The average Bonchev–Trinajstić information content (AvgIpc) is 3.23. The molecule has 2 heterocycles. The van der Waals surface area contributed by atoms with Crippen molar-refractivity contribution in [3.8, 4) is 5.75 Å². The molecule has 0 amide bonds. The van der Waals surface area contributed by atoms with Crippen LogP contribution >= 0.6 is 0 Å². The zero-order valence-corrected chi connectivity index (χ0v) is 13.7. The van der Waals surface area contributed by atoms with Crippen molar-refractivity contribution < 1.29 is 4.74 Å². The molecule has 3 fully saturated rings. The molecule has 3 aliphatic rings. The smallest absolute Gasteiger partial charge is 0.142 e. The third-order valence-corrected chi connectivity index (χ3v) is 5.59. The number of piperidine rings is 1. The van der Waals surface area contributed by atoms with Gasteiger partial charge in [0.25, 0.3) is 0 Å². The Labute approximate surface area is 134 Å². The minimum Gasteiger partial charge on any atom is -0.490 e. The summed E-state index contributed by atoms with van der Waals surface area (Å²) in [5, 5.41) is 0. The highest BCUT2D eigenvalue weighted by atomic mass is 16.5. The van der Waals surface area contributed by atoms with E-state index in [0.29, 0.717) is 6.04 Å². The van der Waals surface area contributed by atoms with Crippen molar-refractivity contribution in [1.29, 1.82) is 0 Å². The number of hydrogen-bond donors (Lipinski definition) is 0. The van der Waals surface area contributed by atoms with E-state index in [1.807, 2.05) is 0 Å². The van der Waals surface area contributed by atoms with E-state index in [2.05, 4.69) is 41.0 Å². The summed E-state index contributed by atoms with van der Waals surface area (Å²) >= 11 is 0. The van der Waals surface area contributed by atoms with Crippen LogP contribution in [0.5, 0.6) is 5.75 Å². The molecule has 2 aliphatic heterocycles. The Morgan fingerprint density at radius 1 is 1.09 bits per heavy atom. The molecule has 2 saturated heterocycles. The Bertz CT molecular complexity index is 514. The van der Waals surface area contributed by atoms with Gasteiger partial charge in [-0.05, 0) is 43.7 Å². The van der Waals surface area contributed by atoms with Crippen molar-refractivity contribution in [2.45, 2.75) is 51.1 Å². The van der Waals surface area contributed by atoms with Gasteiger partial charge in [-0.2, -0.15) is 0 Å². The molecule has 3 atom stereocenters. The maximum atomic E-state index is 6.22. The molecule has 120 valence electrons. The lowest BCUT2D eigenvalue weighted by Crippen LogP contribution is -2.34. The molecule has 3 heteroatoms. The molecule has 0 aromatic heterocycles. The van der Waals surface area contributed by atoms with E-state index in [1.165, 1.54) is 50.9 Å². The molecular weight excluding hydrogens is 272 g/mol. The van der Waals surface area contributed by atoms with E-state index in [-0.39, 0.29) is 0 Å². The monoisotopic (exact) mass is 300 g/mol. The van der Waals surface area contributed by atoms with Gasteiger partial charge in [0.2, 0.25) is 0 Å². The molecule has 22 heavy (non-hydrogen) atoms. The number of benzene rings is 1. The van der Waals surface area contributed by atoms with E-state index >= 15 is 0 Å². The zero-order valence-electron chi connectivity index (χ0n) is 13.7. The maximum absolute atomic E-state index is 6.22. The lowest BCUT2D eigenvalue weighted by Gasteiger charge is -2.33. The zero-order chi connectivity index (χ0) is 14.9. The minimum absolute atomic E-state index is 0.665. The topological polar surface area (TPSA) is 15.5 Å². The highest BCUT2D eigenvalue weighted by molar-refractivity contribution is 5.58. The summed E-state index contributed by atoms with van der Waals surface area (Å²) in [5.74, 6) is 1.87. The third-order valence-electron chi connectivity index (χ3n) is 5.59. The largest absolute Gasteiger partial charge is 0.490 e. The van der Waals surface area contributed by atoms with Crippen LogP contribution in [0.1, 0.15) is 39.0 Å². The van der Waals surface area contributed by atoms with Gasteiger partial charge in [-0.15, -0.1) is 0 Å². The van der Waals surface area contributed by atoms with Gasteiger partial charge < -0.3 is 9.64 Å². The first-order chi connectivity index (χ1) is 10.8. The summed E-state index contributed by atoms with van der Waals surface area (Å²) < 4.78 is 6.22. The molecule has 0 radical (unpaired) electrons. The number of rotatable bonds is 5. The Balaban J connectivity index is 1.37. The van der Waals surface area contributed by atoms with E-state index in [1.54, 1.807) is 0 Å². The number of para-hydroxylation sites is 2. The normalized spacial score (nSPS) is 31.7. The third kappa shape index (κ3) is 2.96. The van der Waals surface area contributed by atoms with Gasteiger partial charge in [0.05, 0.1) is 11.7 Å². The van der Waals surface area contributed by atoms with Crippen LogP contribution in [0.2, 0.25) is 0 Å². The summed E-state index contributed by atoms with van der Waals surface area (Å²) in [6.07, 6.45) is 6.88. The van der Waals surface area contributed by atoms with Crippen molar-refractivity contribution in [3.63, 3.8) is 0 Å². The second-order valence-electron chi connectivity index (χ2n) is 7.41. The van der Waals surface area contributed by atoms with E-state index in [9.17, 15) is 0 Å². The second-order valence-corrected chi connectivity index (χ2v) is 7.41. The fraction of sp³-hybridized carbons (Fsp3) is 0.684. The van der Waals surface area contributed by atoms with Gasteiger partial charge in [0, 0.05) is 25.7 Å². The average molecular weight is 300 g/mol. The van der Waals surface area contributed by atoms with Gasteiger partial charge >= 0.3 is 0 Å². The SMILES string of the molecule is CC1CCCN(c2ccccc2OCC2CN2C2CCC2)C1. The van der Waals surface area contributed by atoms with E-state index < -0.39 is 0 Å². The molecule has 1 aromatic rings. The lowest BCUT2D eigenvalue weighted by molar-refractivity contribution is 0.215. The van der Waals surface area contributed by atoms with Crippen LogP contribution in [-0.4, -0.2) is 43.2 Å². The molecule has 3 unspecified atom stereocenters. The standard InChI is InChI=1S/C19H28N2O/c1-15-6-5-11-20(12-15)18-9-2-3-10-19(18)22-14-17-13-21(17)16-7-4-8-16/h2-3,9-10,15-17H,4-8,11-14H2,1H3. The summed E-state index contributed by atoms with van der Waals surface area (Å²) in [6.45, 7) is 6.79. The Morgan fingerprint density at radius 2 is 1.95 bits per heavy atom. The molecule has 0 spiro atoms. The van der Waals surface area contributed by atoms with Crippen LogP contribution in [-0.2, 0) is 0 Å². The number of ether oxygens (including phenoxy) is 1. The van der Waals surface area contributed by atoms with Gasteiger partial charge in [0.15, 0.2) is 0 Å². The first-order valence-electron chi connectivity index (χ1n) is 9.04. The van der Waals surface area contributed by atoms with Crippen LogP contribution in [0, 0.1) is 5.92 Å². The fourth-order valence-electron chi connectivity index (χ4n) is 3.94. The first kappa shape index (κ1) is 14.4. The van der Waals surface area contributed by atoms with Crippen molar-refractivity contribution in [2.24, 2.45) is 5.92 Å². The van der Waals surface area contributed by atoms with Gasteiger partial charge in [-0.25, -0.2) is 0 Å². The molecule has 4 rings (SSSR count). The van der Waals surface area contributed by atoms with Crippen molar-refractivity contribution >= 4 is 5.69 Å². The Kier molecular flexibility index (Phi) is 4.00. The van der Waals surface area contributed by atoms with Crippen LogP contribution in [0.4, 0.5) is 5.69 Å². The van der Waals surface area contributed by atoms with E-state index in [4.69, 9.17) is 4.74 Å². The predicted molar refractivity (Wildman–Crippen MR) is 90.7 cm³/mol. The van der Waals surface area contributed by atoms with Crippen LogP contribution in [0.3, 0.4) is 0 Å². The quantitative estimate of drug-likeness (QED) is 0.774. The van der Waals surface area contributed by atoms with Crippen molar-refractivity contribution in [3.05, 3.63) is 24.3 Å². The van der Waals surface area contributed by atoms with Crippen molar-refractivity contribution in [1.82, 2.24) is 4.90 Å². The summed E-state index contributed by atoms with van der Waals surface area (Å²) in [7, 11) is 0. The molecule has 0 N–H and O–H groups in total. The summed E-state index contributed by atoms with van der Waals surface area (Å²) in [4.78, 5) is 5.13. The van der Waals surface area contributed by atoms with Gasteiger partial charge in [0.1, 0.15) is 12.4 Å². The fourth-order valence-corrected chi connectivity index (χ4v) is 3.94. The molecule has 0 bridgehead atoms. The van der Waals surface area contributed by atoms with Gasteiger partial charge in [-0.3, -0.25) is 4.90 Å². The second kappa shape index (κ2) is 6.11. The molecule has 1 aliphatic carbocycles. The van der Waals surface area contributed by atoms with Gasteiger partial charge in [-0.1, -0.05) is 25.5 Å². The minimum atomic E-state index is 0.665. The van der Waals surface area contributed by atoms with Crippen LogP contribution < -0.4 is 9.64 Å². The lowest BCUT2D eigenvalue weighted by atomic mass is 9.93. The summed E-state index contributed by atoms with van der Waals surface area (Å²) in [6, 6.07) is 10.1. The molecule has 1 saturated carbocycles. The van der Waals surface area contributed by atoms with E-state index in [0.717, 1.165) is 30.9 Å². The molecule has 3 nitrogen and oxygen atoms in total. The highest BCUT2D eigenvalue weighted by Crippen LogP contribution is 2.35. The molecule has 1 aromatic carbocycles. The Morgan fingerprint density at radius 3 is 2.73 bits per heavy atom. The van der Waals surface area contributed by atoms with Crippen LogP contribution in [0.25, 0.3) is 0 Å². The maximum Gasteiger partial charge on any atom is 0.142 e. The first-order valence-corrected chi connectivity index (χ1v) is 9.04. The van der Waals surface area contributed by atoms with Crippen LogP contribution in [0.15, 0.2) is 24.3 Å². The summed E-state index contributed by atoms with van der Waals surface area (Å²) in [5.41, 5.74) is 1.30. The number of nitrogens with zero attached hydrogens (tertiary/aromatic N) is 2. The number of anilines is 1. The van der Waals surface area contributed by atoms with Crippen molar-refractivity contribution in [2.75, 3.05) is 31.1 Å². The highest BCUT2D eigenvalue weighted by Gasteiger charge is 2.42. The Hall–Kier alpha value is -1.22. The molecular formula is C19H28N2O.